The number of hydrogen-bond acceptors (Lipinski definition) is 3. The molecule has 7 heteroatoms. The molecule has 3 aromatic carbocycles. The first-order chi connectivity index (χ1) is 15.5. The Morgan fingerprint density at radius 1 is 0.938 bits per heavy atom. The number of aliphatic imine (C=N–C) groups is 1. The van der Waals surface area contributed by atoms with Crippen LogP contribution in [0.4, 0.5) is 8.78 Å². The molecule has 0 aliphatic heterocycles. The molecule has 0 unspecified atom stereocenters. The Kier molecular flexibility index (Phi) is 5.98. The van der Waals surface area contributed by atoms with Gasteiger partial charge in [-0.25, -0.2) is 13.5 Å². The molecule has 0 radical (unpaired) electrons. The zero-order valence-corrected chi connectivity index (χ0v) is 17.6. The van der Waals surface area contributed by atoms with E-state index in [1.165, 1.54) is 41.1 Å². The van der Waals surface area contributed by atoms with Gasteiger partial charge in [0.1, 0.15) is 17.4 Å². The number of H-pyrrole nitrogens is 1. The number of benzene rings is 3. The predicted octanol–water partition coefficient (Wildman–Crippen LogP) is 5.13. The van der Waals surface area contributed by atoms with Crippen molar-refractivity contribution in [3.8, 4) is 22.7 Å². The highest BCUT2D eigenvalue weighted by molar-refractivity contribution is 6.03. The Morgan fingerprint density at radius 3 is 2.12 bits per heavy atom. The maximum absolute atomic E-state index is 13.4. The molecule has 0 amide bonds. The molecule has 0 atom stereocenters. The number of aromatic amines is 1. The number of aromatic nitrogens is 2. The summed E-state index contributed by atoms with van der Waals surface area (Å²) < 4.78 is 33.1. The first-order valence-corrected chi connectivity index (χ1v) is 9.97. The summed E-state index contributed by atoms with van der Waals surface area (Å²) in [6.45, 7) is 2.06. The van der Waals surface area contributed by atoms with Crippen molar-refractivity contribution in [3.05, 3.63) is 106 Å². The number of rotatable bonds is 6. The van der Waals surface area contributed by atoms with Gasteiger partial charge in [0.25, 0.3) is 5.56 Å². The summed E-state index contributed by atoms with van der Waals surface area (Å²) in [7, 11) is 1.58. The second kappa shape index (κ2) is 9.01. The van der Waals surface area contributed by atoms with E-state index in [2.05, 4.69) is 10.1 Å². The second-order valence-electron chi connectivity index (χ2n) is 7.24. The van der Waals surface area contributed by atoms with Crippen LogP contribution in [0, 0.1) is 11.6 Å². The van der Waals surface area contributed by atoms with Gasteiger partial charge < -0.3 is 4.74 Å². The molecule has 0 saturated heterocycles. The third-order valence-electron chi connectivity index (χ3n) is 5.13. The van der Waals surface area contributed by atoms with Crippen molar-refractivity contribution in [2.24, 2.45) is 4.99 Å². The predicted molar refractivity (Wildman–Crippen MR) is 121 cm³/mol. The summed E-state index contributed by atoms with van der Waals surface area (Å²) in [6, 6.07) is 19.0. The van der Waals surface area contributed by atoms with Crippen LogP contribution in [-0.4, -0.2) is 22.6 Å². The van der Waals surface area contributed by atoms with Gasteiger partial charge in [0.15, 0.2) is 0 Å². The van der Waals surface area contributed by atoms with Crippen LogP contribution in [0.25, 0.3) is 16.9 Å². The van der Waals surface area contributed by atoms with Crippen LogP contribution in [-0.2, 0) is 6.54 Å². The Balaban J connectivity index is 1.80. The zero-order valence-electron chi connectivity index (χ0n) is 17.6. The first kappa shape index (κ1) is 21.2. The van der Waals surface area contributed by atoms with Gasteiger partial charge in [-0.3, -0.25) is 14.9 Å². The van der Waals surface area contributed by atoms with Crippen LogP contribution in [0.2, 0.25) is 0 Å². The molecule has 1 aromatic heterocycles. The molecule has 162 valence electrons. The van der Waals surface area contributed by atoms with Crippen LogP contribution < -0.4 is 10.3 Å². The number of hydrogen-bond donors (Lipinski definition) is 1. The van der Waals surface area contributed by atoms with Gasteiger partial charge in [0.2, 0.25) is 0 Å². The quantitative estimate of drug-likeness (QED) is 0.429. The molecule has 0 saturated carbocycles. The fraction of sp³-hybridized carbons (Fsp3) is 0.120. The molecule has 0 aliphatic carbocycles. The van der Waals surface area contributed by atoms with Crippen molar-refractivity contribution in [2.75, 3.05) is 7.11 Å². The molecular formula is C25H21F2N3O2. The van der Waals surface area contributed by atoms with E-state index in [1.54, 1.807) is 38.3 Å². The van der Waals surface area contributed by atoms with E-state index in [-0.39, 0.29) is 17.2 Å². The van der Waals surface area contributed by atoms with Crippen molar-refractivity contribution >= 4 is 5.71 Å². The maximum Gasteiger partial charge on any atom is 0.280 e. The first-order valence-electron chi connectivity index (χ1n) is 9.97. The summed E-state index contributed by atoms with van der Waals surface area (Å²) in [6.07, 6.45) is 0. The van der Waals surface area contributed by atoms with E-state index in [1.807, 2.05) is 12.1 Å². The number of halogens is 2. The molecule has 5 nitrogen and oxygen atoms in total. The lowest BCUT2D eigenvalue weighted by molar-refractivity contribution is 0.415. The van der Waals surface area contributed by atoms with Gasteiger partial charge in [0.05, 0.1) is 30.6 Å². The number of nitrogens with one attached hydrogen (secondary N) is 1. The van der Waals surface area contributed by atoms with E-state index < -0.39 is 0 Å². The van der Waals surface area contributed by atoms with E-state index in [0.29, 0.717) is 35.0 Å². The van der Waals surface area contributed by atoms with Gasteiger partial charge in [-0.05, 0) is 73.2 Å². The summed E-state index contributed by atoms with van der Waals surface area (Å²) in [5.41, 5.74) is 3.32. The van der Waals surface area contributed by atoms with Crippen LogP contribution in [0.3, 0.4) is 0 Å². The SMILES string of the molecule is COc1ccc(-c2[nH]n(-c3ccc(F)cc3)c(=O)c2C(C)=NCc2ccc(F)cc2)cc1. The monoisotopic (exact) mass is 433 g/mol. The van der Waals surface area contributed by atoms with Crippen molar-refractivity contribution in [1.29, 1.82) is 0 Å². The average molecular weight is 433 g/mol. The summed E-state index contributed by atoms with van der Waals surface area (Å²) in [4.78, 5) is 17.9. The molecule has 0 bridgehead atoms. The third kappa shape index (κ3) is 4.37. The Morgan fingerprint density at radius 2 is 1.53 bits per heavy atom. The van der Waals surface area contributed by atoms with Crippen molar-refractivity contribution in [3.63, 3.8) is 0 Å². The summed E-state index contributed by atoms with van der Waals surface area (Å²) in [5, 5.41) is 3.14. The lowest BCUT2D eigenvalue weighted by Gasteiger charge is -2.05. The summed E-state index contributed by atoms with van der Waals surface area (Å²) >= 11 is 0. The fourth-order valence-corrected chi connectivity index (χ4v) is 3.39. The molecule has 1 heterocycles. The highest BCUT2D eigenvalue weighted by Gasteiger charge is 2.19. The lowest BCUT2D eigenvalue weighted by atomic mass is 10.0. The number of methoxy groups -OCH3 is 1. The van der Waals surface area contributed by atoms with Gasteiger partial charge in [-0.15, -0.1) is 0 Å². The number of nitrogens with zero attached hydrogens (tertiary/aromatic N) is 2. The van der Waals surface area contributed by atoms with Crippen molar-refractivity contribution < 1.29 is 13.5 Å². The highest BCUT2D eigenvalue weighted by atomic mass is 19.1. The minimum absolute atomic E-state index is 0.301. The summed E-state index contributed by atoms with van der Waals surface area (Å²) in [5.74, 6) is -0.0117. The van der Waals surface area contributed by atoms with E-state index in [9.17, 15) is 13.6 Å². The van der Waals surface area contributed by atoms with E-state index >= 15 is 0 Å². The number of ether oxygens (including phenoxy) is 1. The minimum atomic E-state index is -0.388. The van der Waals surface area contributed by atoms with Crippen LogP contribution >= 0.6 is 0 Å². The van der Waals surface area contributed by atoms with E-state index in [0.717, 1.165) is 11.1 Å². The van der Waals surface area contributed by atoms with Crippen LogP contribution in [0.5, 0.6) is 5.75 Å². The minimum Gasteiger partial charge on any atom is -0.497 e. The third-order valence-corrected chi connectivity index (χ3v) is 5.13. The molecule has 0 aliphatic rings. The van der Waals surface area contributed by atoms with Crippen LogP contribution in [0.1, 0.15) is 18.1 Å². The molecule has 0 fully saturated rings. The Hall–Kier alpha value is -4.00. The molecule has 4 aromatic rings. The fourth-order valence-electron chi connectivity index (χ4n) is 3.39. The topological polar surface area (TPSA) is 59.4 Å². The molecule has 4 rings (SSSR count). The molecule has 0 spiro atoms. The maximum atomic E-state index is 13.4. The zero-order chi connectivity index (χ0) is 22.7. The Labute approximate surface area is 183 Å². The smallest absolute Gasteiger partial charge is 0.280 e. The largest absolute Gasteiger partial charge is 0.497 e. The highest BCUT2D eigenvalue weighted by Crippen LogP contribution is 2.24. The Bertz CT molecular complexity index is 1300. The normalized spacial score (nSPS) is 11.6. The van der Waals surface area contributed by atoms with Gasteiger partial charge in [-0.2, -0.15) is 0 Å². The molecular weight excluding hydrogens is 412 g/mol. The molecule has 32 heavy (non-hydrogen) atoms. The van der Waals surface area contributed by atoms with Gasteiger partial charge in [0, 0.05) is 11.3 Å². The van der Waals surface area contributed by atoms with Gasteiger partial charge in [-0.1, -0.05) is 12.1 Å². The average Bonchev–Trinajstić information content (AvgIpc) is 3.16. The standard InChI is InChI=1S/C25H21F2N3O2/c1-16(28-15-17-3-7-19(26)8-4-17)23-24(18-5-13-22(32-2)14-6-18)29-30(25(23)31)21-11-9-20(27)10-12-21/h3-14,29H,15H2,1-2H3. The van der Waals surface area contributed by atoms with Crippen molar-refractivity contribution in [2.45, 2.75) is 13.5 Å². The molecule has 1 N–H and O–H groups in total. The van der Waals surface area contributed by atoms with Crippen LogP contribution in [0.15, 0.2) is 82.6 Å². The lowest BCUT2D eigenvalue weighted by Crippen LogP contribution is -2.19. The van der Waals surface area contributed by atoms with E-state index in [4.69, 9.17) is 4.74 Å². The van der Waals surface area contributed by atoms with Gasteiger partial charge >= 0.3 is 0 Å². The second-order valence-corrected chi connectivity index (χ2v) is 7.24. The van der Waals surface area contributed by atoms with Crippen molar-refractivity contribution in [1.82, 2.24) is 9.78 Å².